The molecule has 0 saturated carbocycles. The quantitative estimate of drug-likeness (QED) is 0.797. The van der Waals surface area contributed by atoms with Crippen molar-refractivity contribution in [1.82, 2.24) is 10.2 Å². The molecule has 1 unspecified atom stereocenters. The molecule has 1 rings (SSSR count). The van der Waals surface area contributed by atoms with Gasteiger partial charge in [0, 0.05) is 19.1 Å². The SMILES string of the molecule is CCN(CC(C)C)CC(NC)c1ccc(C)cc1. The molecule has 0 fully saturated rings. The van der Waals surface area contributed by atoms with Crippen LogP contribution in [-0.2, 0) is 0 Å². The number of nitrogens with zero attached hydrogens (tertiary/aromatic N) is 1. The molecule has 0 aliphatic heterocycles. The van der Waals surface area contributed by atoms with Gasteiger partial charge < -0.3 is 10.2 Å². The number of rotatable bonds is 7. The Morgan fingerprint density at radius 1 is 1.11 bits per heavy atom. The average molecular weight is 248 g/mol. The standard InChI is InChI=1S/C16H28N2/c1-6-18(11-13(2)3)12-16(17-5)15-9-7-14(4)8-10-15/h7-10,13,16-17H,6,11-12H2,1-5H3. The summed E-state index contributed by atoms with van der Waals surface area (Å²) < 4.78 is 0. The predicted molar refractivity (Wildman–Crippen MR) is 79.9 cm³/mol. The largest absolute Gasteiger partial charge is 0.312 e. The number of nitrogens with one attached hydrogen (secondary N) is 1. The van der Waals surface area contributed by atoms with Crippen molar-refractivity contribution in [3.05, 3.63) is 35.4 Å². The second-order valence-electron chi connectivity index (χ2n) is 5.50. The van der Waals surface area contributed by atoms with Crippen molar-refractivity contribution in [2.45, 2.75) is 33.7 Å². The molecule has 0 radical (unpaired) electrons. The van der Waals surface area contributed by atoms with Gasteiger partial charge in [0.05, 0.1) is 0 Å². The molecule has 2 nitrogen and oxygen atoms in total. The second kappa shape index (κ2) is 7.55. The van der Waals surface area contributed by atoms with Crippen LogP contribution in [0.5, 0.6) is 0 Å². The van der Waals surface area contributed by atoms with Crippen LogP contribution in [0.2, 0.25) is 0 Å². The van der Waals surface area contributed by atoms with Crippen molar-refractivity contribution in [3.63, 3.8) is 0 Å². The van der Waals surface area contributed by atoms with Crippen molar-refractivity contribution in [1.29, 1.82) is 0 Å². The Labute approximate surface area is 112 Å². The lowest BCUT2D eigenvalue weighted by atomic mass is 10.0. The molecule has 0 spiro atoms. The van der Waals surface area contributed by atoms with Gasteiger partial charge in [0.2, 0.25) is 0 Å². The highest BCUT2D eigenvalue weighted by Gasteiger charge is 2.14. The summed E-state index contributed by atoms with van der Waals surface area (Å²) in [6, 6.07) is 9.28. The van der Waals surface area contributed by atoms with Crippen molar-refractivity contribution >= 4 is 0 Å². The fourth-order valence-corrected chi connectivity index (χ4v) is 2.27. The molecular formula is C16H28N2. The van der Waals surface area contributed by atoms with E-state index in [-0.39, 0.29) is 0 Å². The maximum atomic E-state index is 3.43. The minimum absolute atomic E-state index is 0.421. The molecule has 1 N–H and O–H groups in total. The molecule has 0 heterocycles. The molecule has 1 atom stereocenters. The minimum Gasteiger partial charge on any atom is -0.312 e. The predicted octanol–water partition coefficient (Wildman–Crippen LogP) is 3.23. The van der Waals surface area contributed by atoms with Crippen LogP contribution in [0.4, 0.5) is 0 Å². The van der Waals surface area contributed by atoms with Crippen molar-refractivity contribution in [2.75, 3.05) is 26.7 Å². The Balaban J connectivity index is 2.68. The summed E-state index contributed by atoms with van der Waals surface area (Å²) in [6.07, 6.45) is 0. The lowest BCUT2D eigenvalue weighted by Crippen LogP contribution is -2.36. The number of likely N-dealkylation sites (N-methyl/N-ethyl adjacent to an activating group) is 2. The summed E-state index contributed by atoms with van der Waals surface area (Å²) in [5, 5.41) is 3.43. The summed E-state index contributed by atoms with van der Waals surface area (Å²) in [4.78, 5) is 2.52. The van der Waals surface area contributed by atoms with Gasteiger partial charge in [-0.2, -0.15) is 0 Å². The third kappa shape index (κ3) is 4.79. The van der Waals surface area contributed by atoms with E-state index in [9.17, 15) is 0 Å². The van der Waals surface area contributed by atoms with E-state index in [1.807, 2.05) is 7.05 Å². The summed E-state index contributed by atoms with van der Waals surface area (Å²) in [5.41, 5.74) is 2.70. The summed E-state index contributed by atoms with van der Waals surface area (Å²) in [7, 11) is 2.05. The molecular weight excluding hydrogens is 220 g/mol. The van der Waals surface area contributed by atoms with Gasteiger partial charge in [-0.25, -0.2) is 0 Å². The summed E-state index contributed by atoms with van der Waals surface area (Å²) in [6.45, 7) is 12.3. The molecule has 0 aliphatic carbocycles. The number of aryl methyl sites for hydroxylation is 1. The van der Waals surface area contributed by atoms with Gasteiger partial charge in [-0.15, -0.1) is 0 Å². The molecule has 1 aromatic carbocycles. The highest BCUT2D eigenvalue weighted by Crippen LogP contribution is 2.15. The van der Waals surface area contributed by atoms with Crippen LogP contribution in [0.1, 0.15) is 37.9 Å². The van der Waals surface area contributed by atoms with Crippen LogP contribution in [0.15, 0.2) is 24.3 Å². The molecule has 0 aliphatic rings. The smallest absolute Gasteiger partial charge is 0.0446 e. The van der Waals surface area contributed by atoms with Gasteiger partial charge in [-0.3, -0.25) is 0 Å². The first-order chi connectivity index (χ1) is 8.56. The van der Waals surface area contributed by atoms with Crippen molar-refractivity contribution in [3.8, 4) is 0 Å². The van der Waals surface area contributed by atoms with Gasteiger partial charge in [-0.05, 0) is 32.0 Å². The molecule has 102 valence electrons. The monoisotopic (exact) mass is 248 g/mol. The van der Waals surface area contributed by atoms with E-state index >= 15 is 0 Å². The van der Waals surface area contributed by atoms with E-state index in [4.69, 9.17) is 0 Å². The lowest BCUT2D eigenvalue weighted by molar-refractivity contribution is 0.232. The average Bonchev–Trinajstić information content (AvgIpc) is 2.35. The molecule has 0 saturated heterocycles. The summed E-state index contributed by atoms with van der Waals surface area (Å²) >= 11 is 0. The highest BCUT2D eigenvalue weighted by atomic mass is 15.1. The van der Waals surface area contributed by atoms with Crippen LogP contribution >= 0.6 is 0 Å². The van der Waals surface area contributed by atoms with Crippen LogP contribution in [0, 0.1) is 12.8 Å². The van der Waals surface area contributed by atoms with E-state index < -0.39 is 0 Å². The normalized spacial score (nSPS) is 13.3. The van der Waals surface area contributed by atoms with Crippen LogP contribution < -0.4 is 5.32 Å². The van der Waals surface area contributed by atoms with E-state index in [2.05, 4.69) is 62.2 Å². The Morgan fingerprint density at radius 2 is 1.72 bits per heavy atom. The zero-order valence-electron chi connectivity index (χ0n) is 12.5. The topological polar surface area (TPSA) is 15.3 Å². The number of hydrogen-bond donors (Lipinski definition) is 1. The number of hydrogen-bond acceptors (Lipinski definition) is 2. The second-order valence-corrected chi connectivity index (χ2v) is 5.50. The zero-order valence-corrected chi connectivity index (χ0v) is 12.5. The molecule has 0 bridgehead atoms. The lowest BCUT2D eigenvalue weighted by Gasteiger charge is -2.28. The molecule has 1 aromatic rings. The van der Waals surface area contributed by atoms with E-state index in [0.29, 0.717) is 6.04 Å². The third-order valence-electron chi connectivity index (χ3n) is 3.34. The van der Waals surface area contributed by atoms with Gasteiger partial charge in [0.15, 0.2) is 0 Å². The first kappa shape index (κ1) is 15.2. The van der Waals surface area contributed by atoms with E-state index in [1.54, 1.807) is 0 Å². The third-order valence-corrected chi connectivity index (χ3v) is 3.34. The van der Waals surface area contributed by atoms with Gasteiger partial charge in [0.1, 0.15) is 0 Å². The van der Waals surface area contributed by atoms with Gasteiger partial charge in [0.25, 0.3) is 0 Å². The first-order valence-electron chi connectivity index (χ1n) is 7.03. The first-order valence-corrected chi connectivity index (χ1v) is 7.03. The highest BCUT2D eigenvalue weighted by molar-refractivity contribution is 5.24. The van der Waals surface area contributed by atoms with Crippen molar-refractivity contribution in [2.24, 2.45) is 5.92 Å². The van der Waals surface area contributed by atoms with Gasteiger partial charge in [-0.1, -0.05) is 50.6 Å². The Kier molecular flexibility index (Phi) is 6.37. The van der Waals surface area contributed by atoms with Crippen LogP contribution in [0.3, 0.4) is 0 Å². The maximum Gasteiger partial charge on any atom is 0.0446 e. The fourth-order valence-electron chi connectivity index (χ4n) is 2.27. The minimum atomic E-state index is 0.421. The Bertz CT molecular complexity index is 329. The van der Waals surface area contributed by atoms with E-state index in [1.165, 1.54) is 17.7 Å². The van der Waals surface area contributed by atoms with E-state index in [0.717, 1.165) is 19.0 Å². The zero-order chi connectivity index (χ0) is 13.5. The fraction of sp³-hybridized carbons (Fsp3) is 0.625. The molecule has 2 heteroatoms. The van der Waals surface area contributed by atoms with Gasteiger partial charge >= 0.3 is 0 Å². The Morgan fingerprint density at radius 3 is 2.17 bits per heavy atom. The maximum absolute atomic E-state index is 3.43. The molecule has 0 aromatic heterocycles. The number of benzene rings is 1. The Hall–Kier alpha value is -0.860. The van der Waals surface area contributed by atoms with Crippen LogP contribution in [0.25, 0.3) is 0 Å². The summed E-state index contributed by atoms with van der Waals surface area (Å²) in [5.74, 6) is 0.723. The molecule has 0 amide bonds. The van der Waals surface area contributed by atoms with Crippen molar-refractivity contribution < 1.29 is 0 Å². The van der Waals surface area contributed by atoms with Crippen LogP contribution in [-0.4, -0.2) is 31.6 Å². The molecule has 18 heavy (non-hydrogen) atoms.